The van der Waals surface area contributed by atoms with Crippen molar-refractivity contribution >= 4 is 62.4 Å². The standard InChI is InChI=1S/C23H22BrN3O5S/c1-3-27-21(29)19(12-15-10-16(24)8-9-18(15)32-13-20(25)28)33-23(27)26-17-7-5-6-14(11-17)22(30)31-4-2/h5-12H,3-4,13H2,1-2H3,(H2,25,28). The molecule has 2 N–H and O–H groups in total. The van der Waals surface area contributed by atoms with E-state index in [0.717, 1.165) is 4.47 Å². The van der Waals surface area contributed by atoms with E-state index >= 15 is 0 Å². The van der Waals surface area contributed by atoms with Crippen molar-refractivity contribution in [2.24, 2.45) is 10.7 Å². The molecule has 8 nitrogen and oxygen atoms in total. The molecule has 1 fully saturated rings. The lowest BCUT2D eigenvalue weighted by atomic mass is 10.2. The molecule has 0 unspecified atom stereocenters. The molecule has 1 aliphatic heterocycles. The second-order valence-electron chi connectivity index (χ2n) is 6.76. The van der Waals surface area contributed by atoms with E-state index in [-0.39, 0.29) is 19.1 Å². The molecule has 0 bridgehead atoms. The molecule has 0 atom stereocenters. The van der Waals surface area contributed by atoms with Crippen LogP contribution >= 0.6 is 27.7 Å². The quantitative estimate of drug-likeness (QED) is 0.405. The first-order valence-electron chi connectivity index (χ1n) is 10.1. The van der Waals surface area contributed by atoms with Gasteiger partial charge in [0.1, 0.15) is 5.75 Å². The van der Waals surface area contributed by atoms with E-state index in [1.807, 2.05) is 6.92 Å². The summed E-state index contributed by atoms with van der Waals surface area (Å²) in [6.45, 7) is 4.02. The van der Waals surface area contributed by atoms with Crippen molar-refractivity contribution in [1.29, 1.82) is 0 Å². The Balaban J connectivity index is 1.93. The highest BCUT2D eigenvalue weighted by Gasteiger charge is 2.32. The Bertz CT molecular complexity index is 1150. The Kier molecular flexibility index (Phi) is 8.29. The number of amides is 2. The largest absolute Gasteiger partial charge is 0.483 e. The fourth-order valence-corrected chi connectivity index (χ4v) is 4.38. The van der Waals surface area contributed by atoms with Crippen LogP contribution in [0, 0.1) is 0 Å². The average molecular weight is 532 g/mol. The Morgan fingerprint density at radius 2 is 2.00 bits per heavy atom. The molecule has 1 saturated heterocycles. The lowest BCUT2D eigenvalue weighted by Gasteiger charge is -2.12. The van der Waals surface area contributed by atoms with E-state index in [4.69, 9.17) is 15.2 Å². The monoisotopic (exact) mass is 531 g/mol. The number of carbonyl (C=O) groups excluding carboxylic acids is 3. The Morgan fingerprint density at radius 3 is 2.70 bits per heavy atom. The summed E-state index contributed by atoms with van der Waals surface area (Å²) in [6, 6.07) is 12.0. The summed E-state index contributed by atoms with van der Waals surface area (Å²) in [5, 5.41) is 0.490. The summed E-state index contributed by atoms with van der Waals surface area (Å²) in [4.78, 5) is 42.7. The van der Waals surface area contributed by atoms with Gasteiger partial charge < -0.3 is 15.2 Å². The van der Waals surface area contributed by atoms with Gasteiger partial charge in [-0.25, -0.2) is 9.79 Å². The van der Waals surface area contributed by atoms with Gasteiger partial charge in [-0.15, -0.1) is 0 Å². The maximum Gasteiger partial charge on any atom is 0.338 e. The van der Waals surface area contributed by atoms with Crippen LogP contribution in [0.4, 0.5) is 5.69 Å². The number of hydrogen-bond donors (Lipinski definition) is 1. The Morgan fingerprint density at radius 1 is 1.21 bits per heavy atom. The van der Waals surface area contributed by atoms with Crippen molar-refractivity contribution in [3.63, 3.8) is 0 Å². The van der Waals surface area contributed by atoms with Gasteiger partial charge >= 0.3 is 5.97 Å². The Hall–Kier alpha value is -3.11. The van der Waals surface area contributed by atoms with Crippen LogP contribution in [0.1, 0.15) is 29.8 Å². The van der Waals surface area contributed by atoms with Gasteiger partial charge in [0.15, 0.2) is 11.8 Å². The van der Waals surface area contributed by atoms with Crippen molar-refractivity contribution in [1.82, 2.24) is 4.90 Å². The van der Waals surface area contributed by atoms with Crippen LogP contribution in [0.25, 0.3) is 6.08 Å². The minimum absolute atomic E-state index is 0.205. The van der Waals surface area contributed by atoms with E-state index in [1.54, 1.807) is 60.4 Å². The number of nitrogens with zero attached hydrogens (tertiary/aromatic N) is 2. The fraction of sp³-hybridized carbons (Fsp3) is 0.217. The predicted octanol–water partition coefficient (Wildman–Crippen LogP) is 4.11. The number of primary amides is 1. The van der Waals surface area contributed by atoms with Crippen LogP contribution < -0.4 is 10.5 Å². The van der Waals surface area contributed by atoms with Crippen LogP contribution in [0.3, 0.4) is 0 Å². The molecule has 172 valence electrons. The molecule has 0 radical (unpaired) electrons. The van der Waals surface area contributed by atoms with E-state index in [9.17, 15) is 14.4 Å². The first-order valence-corrected chi connectivity index (χ1v) is 11.7. The van der Waals surface area contributed by atoms with E-state index in [1.165, 1.54) is 11.8 Å². The van der Waals surface area contributed by atoms with Gasteiger partial charge in [0, 0.05) is 16.6 Å². The fourth-order valence-electron chi connectivity index (χ4n) is 2.95. The number of rotatable bonds is 8. The molecule has 0 aromatic heterocycles. The first kappa shape index (κ1) is 24.5. The molecule has 2 amide bonds. The maximum absolute atomic E-state index is 13.0. The number of nitrogens with two attached hydrogens (primary N) is 1. The molecule has 0 aliphatic carbocycles. The lowest BCUT2D eigenvalue weighted by molar-refractivity contribution is -0.122. The van der Waals surface area contributed by atoms with Crippen molar-refractivity contribution in [2.75, 3.05) is 19.8 Å². The summed E-state index contributed by atoms with van der Waals surface area (Å²) in [7, 11) is 0. The van der Waals surface area contributed by atoms with Gasteiger partial charge in [0.05, 0.1) is 22.8 Å². The highest BCUT2D eigenvalue weighted by atomic mass is 79.9. The van der Waals surface area contributed by atoms with Crippen LogP contribution in [0.15, 0.2) is 56.8 Å². The summed E-state index contributed by atoms with van der Waals surface area (Å²) < 4.78 is 11.3. The molecule has 3 rings (SSSR count). The molecule has 1 heterocycles. The van der Waals surface area contributed by atoms with Crippen molar-refractivity contribution < 1.29 is 23.9 Å². The third-order valence-corrected chi connectivity index (χ3v) is 5.91. The third-order valence-electron chi connectivity index (χ3n) is 4.41. The molecule has 10 heteroatoms. The zero-order valence-electron chi connectivity index (χ0n) is 18.0. The number of esters is 1. The highest BCUT2D eigenvalue weighted by molar-refractivity contribution is 9.10. The normalized spacial score (nSPS) is 15.8. The zero-order valence-corrected chi connectivity index (χ0v) is 20.4. The number of halogens is 1. The van der Waals surface area contributed by atoms with Crippen molar-refractivity contribution in [3.05, 3.63) is 63.0 Å². The minimum Gasteiger partial charge on any atom is -0.483 e. The number of amidine groups is 1. The minimum atomic E-state index is -0.598. The molecule has 2 aromatic carbocycles. The van der Waals surface area contributed by atoms with Gasteiger partial charge in [-0.05, 0) is 68.1 Å². The molecule has 2 aromatic rings. The van der Waals surface area contributed by atoms with E-state index in [2.05, 4.69) is 20.9 Å². The number of aliphatic imine (C=N–C) groups is 1. The van der Waals surface area contributed by atoms with Crippen LogP contribution in [-0.2, 0) is 14.3 Å². The van der Waals surface area contributed by atoms with Crippen LogP contribution in [-0.4, -0.2) is 47.6 Å². The van der Waals surface area contributed by atoms with E-state index < -0.39 is 11.9 Å². The average Bonchev–Trinajstić information content (AvgIpc) is 3.07. The maximum atomic E-state index is 13.0. The summed E-state index contributed by atoms with van der Waals surface area (Å²) >= 11 is 4.63. The van der Waals surface area contributed by atoms with Gasteiger partial charge in [0.25, 0.3) is 11.8 Å². The van der Waals surface area contributed by atoms with Crippen molar-refractivity contribution in [3.8, 4) is 5.75 Å². The number of benzene rings is 2. The second kappa shape index (κ2) is 11.2. The van der Waals surface area contributed by atoms with Crippen LogP contribution in [0.2, 0.25) is 0 Å². The number of ether oxygens (including phenoxy) is 2. The molecular formula is C23H22BrN3O5S. The topological polar surface area (TPSA) is 111 Å². The summed E-state index contributed by atoms with van der Waals surface area (Å²) in [5.41, 5.74) is 6.71. The number of likely N-dealkylation sites (N-methyl/N-ethyl adjacent to an activating group) is 1. The summed E-state index contributed by atoms with van der Waals surface area (Å²) in [6.07, 6.45) is 1.69. The predicted molar refractivity (Wildman–Crippen MR) is 131 cm³/mol. The highest BCUT2D eigenvalue weighted by Crippen LogP contribution is 2.36. The molecule has 1 aliphatic rings. The smallest absolute Gasteiger partial charge is 0.338 e. The third kappa shape index (κ3) is 6.23. The molecule has 33 heavy (non-hydrogen) atoms. The van der Waals surface area contributed by atoms with Crippen LogP contribution in [0.5, 0.6) is 5.75 Å². The van der Waals surface area contributed by atoms with E-state index in [0.29, 0.717) is 39.2 Å². The van der Waals surface area contributed by atoms with Crippen molar-refractivity contribution in [2.45, 2.75) is 13.8 Å². The van der Waals surface area contributed by atoms with Gasteiger partial charge in [0.2, 0.25) is 0 Å². The van der Waals surface area contributed by atoms with Gasteiger partial charge in [-0.3, -0.25) is 14.5 Å². The number of carbonyl (C=O) groups is 3. The number of thioether (sulfide) groups is 1. The number of hydrogen-bond acceptors (Lipinski definition) is 7. The lowest BCUT2D eigenvalue weighted by Crippen LogP contribution is -2.28. The molecule has 0 spiro atoms. The first-order chi connectivity index (χ1) is 15.8. The van der Waals surface area contributed by atoms with Gasteiger partial charge in [-0.2, -0.15) is 0 Å². The van der Waals surface area contributed by atoms with Gasteiger partial charge in [-0.1, -0.05) is 22.0 Å². The summed E-state index contributed by atoms with van der Waals surface area (Å²) in [5.74, 6) is -0.808. The second-order valence-corrected chi connectivity index (χ2v) is 8.69. The molecule has 0 saturated carbocycles. The zero-order chi connectivity index (χ0) is 24.0. The Labute approximate surface area is 204 Å². The SMILES string of the molecule is CCOC(=O)c1cccc(N=C2SC(=Cc3cc(Br)ccc3OCC(N)=O)C(=O)N2CC)c1. The molecular weight excluding hydrogens is 510 g/mol.